The molecule has 44 heavy (non-hydrogen) atoms. The molecule has 0 aromatic rings. The molecule has 4 saturated heterocycles. The Morgan fingerprint density at radius 2 is 1.23 bits per heavy atom. The summed E-state index contributed by atoms with van der Waals surface area (Å²) in [5.74, 6) is 2.18. The lowest BCUT2D eigenvalue weighted by Crippen LogP contribution is -2.42. The number of hydrogen-bond acceptors (Lipinski definition) is 5. The number of unbranched alkanes of at least 4 members (excludes halogenated alkanes) is 1. The molecule has 0 spiro atoms. The minimum atomic E-state index is -0.0236. The Morgan fingerprint density at radius 1 is 0.727 bits per heavy atom. The van der Waals surface area contributed by atoms with Crippen molar-refractivity contribution < 1.29 is 23.7 Å². The third kappa shape index (κ3) is 8.26. The number of rotatable bonds is 15. The van der Waals surface area contributed by atoms with Gasteiger partial charge in [0.1, 0.15) is 0 Å². The van der Waals surface area contributed by atoms with E-state index in [2.05, 4.69) is 76.2 Å². The second-order valence-electron chi connectivity index (χ2n) is 18.4. The summed E-state index contributed by atoms with van der Waals surface area (Å²) in [6.45, 7) is 26.0. The van der Waals surface area contributed by atoms with Gasteiger partial charge in [-0.05, 0) is 149 Å². The van der Waals surface area contributed by atoms with Crippen LogP contribution in [-0.2, 0) is 23.7 Å². The van der Waals surface area contributed by atoms with Crippen molar-refractivity contribution in [3.05, 3.63) is 0 Å². The predicted octanol–water partition coefficient (Wildman–Crippen LogP) is 9.82. The molecule has 5 nitrogen and oxygen atoms in total. The fraction of sp³-hybridized carbons (Fsp3) is 1.00. The average Bonchev–Trinajstić information content (AvgIpc) is 3.87. The van der Waals surface area contributed by atoms with Gasteiger partial charge in [0.15, 0.2) is 0 Å². The van der Waals surface area contributed by atoms with Crippen LogP contribution in [0.3, 0.4) is 0 Å². The molecular weight excluding hydrogens is 548 g/mol. The minimum absolute atomic E-state index is 0.0236. The normalized spacial score (nSPS) is 41.7. The predicted molar refractivity (Wildman–Crippen MR) is 179 cm³/mol. The van der Waals surface area contributed by atoms with Gasteiger partial charge in [0.05, 0.1) is 52.4 Å². The van der Waals surface area contributed by atoms with Gasteiger partial charge in [-0.3, -0.25) is 0 Å². The molecule has 0 bridgehead atoms. The molecule has 0 radical (unpaired) electrons. The maximum Gasteiger partial charge on any atom is 0.0920 e. The highest BCUT2D eigenvalue weighted by atomic mass is 16.6. The zero-order chi connectivity index (χ0) is 32.2. The third-order valence-corrected chi connectivity index (χ3v) is 13.3. The van der Waals surface area contributed by atoms with E-state index in [1.165, 1.54) is 70.6 Å². The monoisotopic (exact) mass is 619 g/mol. The molecule has 2 aliphatic carbocycles. The Hall–Kier alpha value is -0.200. The Labute approximate surface area is 271 Å². The lowest BCUT2D eigenvalue weighted by molar-refractivity contribution is -0.0928. The molecule has 10 unspecified atom stereocenters. The minimum Gasteiger partial charge on any atom is -0.375 e. The molecule has 5 heteroatoms. The quantitative estimate of drug-likeness (QED) is 0.171. The molecule has 0 N–H and O–H groups in total. The first-order chi connectivity index (χ1) is 20.4. The number of ether oxygens (including phenoxy) is 5. The second kappa shape index (κ2) is 12.7. The zero-order valence-corrected chi connectivity index (χ0v) is 30.7. The Bertz CT molecular complexity index is 978. The lowest BCUT2D eigenvalue weighted by Gasteiger charge is -2.40. The second-order valence-corrected chi connectivity index (χ2v) is 18.4. The van der Waals surface area contributed by atoms with Crippen molar-refractivity contribution in [1.29, 1.82) is 0 Å². The zero-order valence-electron chi connectivity index (χ0n) is 30.7. The van der Waals surface area contributed by atoms with Crippen molar-refractivity contribution in [2.75, 3.05) is 6.61 Å². The van der Waals surface area contributed by atoms with Crippen molar-refractivity contribution >= 4 is 0 Å². The number of epoxide rings is 4. The van der Waals surface area contributed by atoms with Crippen molar-refractivity contribution in [2.45, 2.75) is 218 Å². The first-order valence-electron chi connectivity index (χ1n) is 18.8. The SMILES string of the molecule is CC(C)CCOC(C)(CCC1OC1(C)C)C1CCC2(C)OC2C1.CCCCC(C)(CCC1OC1(C)C)C1CCC2(C)OC2C1. The van der Waals surface area contributed by atoms with Crippen LogP contribution in [0.5, 0.6) is 0 Å². The fourth-order valence-electron chi connectivity index (χ4n) is 8.87. The molecular formula is C39H70O5. The summed E-state index contributed by atoms with van der Waals surface area (Å²) in [6.07, 6.45) is 19.5. The standard InChI is InChI=1S/C20H36O3.C19H34O2/c1-14(2)9-12-21-19(5,11-8-16-18(3,4)22-16)15-7-10-20(6)17(13-15)23-20;1-6-7-10-18(4,11-9-15-17(2,3)20-15)14-8-12-19(5)16(13-14)21-19/h14-17H,7-13H2,1-6H3;14-16H,6-13H2,1-5H3. The highest BCUT2D eigenvalue weighted by Gasteiger charge is 2.59. The van der Waals surface area contributed by atoms with E-state index in [0.717, 1.165) is 31.8 Å². The summed E-state index contributed by atoms with van der Waals surface area (Å²) in [6, 6.07) is 0. The summed E-state index contributed by atoms with van der Waals surface area (Å²) in [5.41, 5.74) is 1.15. The van der Waals surface area contributed by atoms with Crippen molar-refractivity contribution in [1.82, 2.24) is 0 Å². The molecule has 4 aliphatic heterocycles. The maximum absolute atomic E-state index is 6.51. The average molecular weight is 619 g/mol. The van der Waals surface area contributed by atoms with Crippen LogP contribution in [0.2, 0.25) is 0 Å². The van der Waals surface area contributed by atoms with Crippen LogP contribution in [0.4, 0.5) is 0 Å². The highest BCUT2D eigenvalue weighted by molar-refractivity contribution is 5.08. The molecule has 4 heterocycles. The van der Waals surface area contributed by atoms with Gasteiger partial charge in [-0.2, -0.15) is 0 Å². The van der Waals surface area contributed by atoms with Gasteiger partial charge in [0.25, 0.3) is 0 Å². The summed E-state index contributed by atoms with van der Waals surface area (Å²) in [7, 11) is 0. The molecule has 6 rings (SSSR count). The summed E-state index contributed by atoms with van der Waals surface area (Å²) >= 11 is 0. The highest BCUT2D eigenvalue weighted by Crippen LogP contribution is 2.56. The van der Waals surface area contributed by atoms with Gasteiger partial charge < -0.3 is 23.7 Å². The van der Waals surface area contributed by atoms with E-state index in [1.807, 2.05) is 0 Å². The van der Waals surface area contributed by atoms with Crippen LogP contribution in [0.1, 0.15) is 166 Å². The smallest absolute Gasteiger partial charge is 0.0920 e. The summed E-state index contributed by atoms with van der Waals surface area (Å²) in [5, 5.41) is 0. The van der Waals surface area contributed by atoms with Crippen molar-refractivity contribution in [2.24, 2.45) is 23.2 Å². The van der Waals surface area contributed by atoms with Crippen LogP contribution in [-0.4, -0.2) is 59.0 Å². The molecule has 2 saturated carbocycles. The molecule has 6 fully saturated rings. The Balaban J connectivity index is 0.000000175. The molecule has 256 valence electrons. The van der Waals surface area contributed by atoms with E-state index in [-0.39, 0.29) is 28.0 Å². The van der Waals surface area contributed by atoms with Gasteiger partial charge in [-0.1, -0.05) is 40.5 Å². The van der Waals surface area contributed by atoms with Gasteiger partial charge >= 0.3 is 0 Å². The molecule has 0 amide bonds. The maximum atomic E-state index is 6.51. The Kier molecular flexibility index (Phi) is 10.1. The van der Waals surface area contributed by atoms with Crippen molar-refractivity contribution in [3.8, 4) is 0 Å². The van der Waals surface area contributed by atoms with Gasteiger partial charge in [0, 0.05) is 6.61 Å². The van der Waals surface area contributed by atoms with E-state index < -0.39 is 0 Å². The van der Waals surface area contributed by atoms with Crippen LogP contribution in [0.15, 0.2) is 0 Å². The molecule has 0 aromatic heterocycles. The van der Waals surface area contributed by atoms with Crippen LogP contribution in [0, 0.1) is 23.2 Å². The van der Waals surface area contributed by atoms with Crippen LogP contribution in [0.25, 0.3) is 0 Å². The molecule has 0 aromatic carbocycles. The molecule has 6 aliphatic rings. The topological polar surface area (TPSA) is 59.4 Å². The van der Waals surface area contributed by atoms with Gasteiger partial charge in [-0.25, -0.2) is 0 Å². The van der Waals surface area contributed by atoms with Gasteiger partial charge in [-0.15, -0.1) is 0 Å². The van der Waals surface area contributed by atoms with E-state index in [1.54, 1.807) is 0 Å². The summed E-state index contributed by atoms with van der Waals surface area (Å²) < 4.78 is 30.0. The molecule has 10 atom stereocenters. The first-order valence-corrected chi connectivity index (χ1v) is 18.8. The van der Waals surface area contributed by atoms with Crippen LogP contribution < -0.4 is 0 Å². The van der Waals surface area contributed by atoms with E-state index in [9.17, 15) is 0 Å². The van der Waals surface area contributed by atoms with Gasteiger partial charge in [0.2, 0.25) is 0 Å². The lowest BCUT2D eigenvalue weighted by atomic mass is 9.64. The van der Waals surface area contributed by atoms with Crippen LogP contribution >= 0.6 is 0 Å². The summed E-state index contributed by atoms with van der Waals surface area (Å²) in [4.78, 5) is 0. The Morgan fingerprint density at radius 3 is 1.70 bits per heavy atom. The third-order valence-electron chi connectivity index (χ3n) is 13.3. The van der Waals surface area contributed by atoms with E-state index >= 15 is 0 Å². The fourth-order valence-corrected chi connectivity index (χ4v) is 8.87. The van der Waals surface area contributed by atoms with E-state index in [0.29, 0.717) is 41.7 Å². The van der Waals surface area contributed by atoms with Crippen molar-refractivity contribution in [3.63, 3.8) is 0 Å². The number of fused-ring (bicyclic) bond motifs is 2. The largest absolute Gasteiger partial charge is 0.375 e. The number of hydrogen-bond donors (Lipinski definition) is 0. The first kappa shape index (κ1) is 35.1. The van der Waals surface area contributed by atoms with E-state index in [4.69, 9.17) is 23.7 Å².